The van der Waals surface area contributed by atoms with Gasteiger partial charge in [0, 0.05) is 6.07 Å². The van der Waals surface area contributed by atoms with E-state index in [4.69, 9.17) is 4.74 Å². The predicted octanol–water partition coefficient (Wildman–Crippen LogP) is 3.88. The highest BCUT2D eigenvalue weighted by Crippen LogP contribution is 2.26. The van der Waals surface area contributed by atoms with Crippen LogP contribution in [0, 0.1) is 18.6 Å². The van der Waals surface area contributed by atoms with Crippen molar-refractivity contribution in [3.8, 4) is 11.5 Å². The maximum absolute atomic E-state index is 13.3. The van der Waals surface area contributed by atoms with Crippen molar-refractivity contribution in [3.63, 3.8) is 0 Å². The average Bonchev–Trinajstić information content (AvgIpc) is 2.36. The first-order valence-electron chi connectivity index (χ1n) is 5.29. The molecular weight excluding hydrogens is 238 g/mol. The van der Waals surface area contributed by atoms with Crippen molar-refractivity contribution in [3.05, 3.63) is 59.2 Å². The van der Waals surface area contributed by atoms with Crippen LogP contribution in [0.4, 0.5) is 8.78 Å². The number of aldehydes is 1. The molecule has 0 aliphatic rings. The fourth-order valence-corrected chi connectivity index (χ4v) is 1.47. The Morgan fingerprint density at radius 3 is 2.56 bits per heavy atom. The third-order valence-electron chi connectivity index (χ3n) is 2.47. The number of hydrogen-bond acceptors (Lipinski definition) is 2. The van der Waals surface area contributed by atoms with E-state index >= 15 is 0 Å². The van der Waals surface area contributed by atoms with E-state index < -0.39 is 11.6 Å². The molecule has 2 nitrogen and oxygen atoms in total. The molecule has 0 unspecified atom stereocenters. The minimum atomic E-state index is -0.528. The molecule has 4 heteroatoms. The van der Waals surface area contributed by atoms with Gasteiger partial charge in [-0.2, -0.15) is 0 Å². The van der Waals surface area contributed by atoms with Gasteiger partial charge in [-0.1, -0.05) is 6.07 Å². The van der Waals surface area contributed by atoms with E-state index in [1.165, 1.54) is 18.2 Å². The maximum atomic E-state index is 13.3. The number of rotatable bonds is 3. The molecule has 0 saturated carbocycles. The van der Waals surface area contributed by atoms with Crippen molar-refractivity contribution < 1.29 is 18.3 Å². The lowest BCUT2D eigenvalue weighted by atomic mass is 10.2. The summed E-state index contributed by atoms with van der Waals surface area (Å²) in [6, 6.07) is 7.93. The van der Waals surface area contributed by atoms with Crippen LogP contribution in [0.3, 0.4) is 0 Å². The summed E-state index contributed by atoms with van der Waals surface area (Å²) < 4.78 is 31.6. The second-order valence-corrected chi connectivity index (χ2v) is 3.81. The highest BCUT2D eigenvalue weighted by atomic mass is 19.1. The van der Waals surface area contributed by atoms with E-state index in [1.807, 2.05) is 0 Å². The molecule has 0 radical (unpaired) electrons. The van der Waals surface area contributed by atoms with Crippen LogP contribution in [0.1, 0.15) is 15.9 Å². The first-order valence-corrected chi connectivity index (χ1v) is 5.29. The van der Waals surface area contributed by atoms with Gasteiger partial charge in [-0.3, -0.25) is 4.79 Å². The normalized spacial score (nSPS) is 10.2. The molecule has 0 heterocycles. The fraction of sp³-hybridized carbons (Fsp3) is 0.0714. The van der Waals surface area contributed by atoms with Gasteiger partial charge in [-0.25, -0.2) is 8.78 Å². The third-order valence-corrected chi connectivity index (χ3v) is 2.47. The molecule has 18 heavy (non-hydrogen) atoms. The van der Waals surface area contributed by atoms with E-state index in [9.17, 15) is 13.6 Å². The third kappa shape index (κ3) is 2.53. The molecule has 2 aromatic carbocycles. The molecule has 2 aromatic rings. The maximum Gasteiger partial charge on any atom is 0.153 e. The van der Waals surface area contributed by atoms with Crippen molar-refractivity contribution in [1.82, 2.24) is 0 Å². The van der Waals surface area contributed by atoms with Gasteiger partial charge in [0.25, 0.3) is 0 Å². The zero-order valence-electron chi connectivity index (χ0n) is 9.61. The van der Waals surface area contributed by atoms with E-state index in [-0.39, 0.29) is 17.1 Å². The summed E-state index contributed by atoms with van der Waals surface area (Å²) in [6.45, 7) is 1.63. The molecule has 0 aliphatic heterocycles. The average molecular weight is 248 g/mol. The Hall–Kier alpha value is -2.23. The molecule has 92 valence electrons. The van der Waals surface area contributed by atoms with Crippen molar-refractivity contribution in [2.45, 2.75) is 6.92 Å². The summed E-state index contributed by atoms with van der Waals surface area (Å²) in [6.07, 6.45) is 0.489. The topological polar surface area (TPSA) is 26.3 Å². The molecule has 0 bridgehead atoms. The number of carbonyl (C=O) groups excluding carboxylic acids is 1. The highest BCUT2D eigenvalue weighted by molar-refractivity contribution is 5.79. The van der Waals surface area contributed by atoms with Crippen LogP contribution in [0.5, 0.6) is 11.5 Å². The van der Waals surface area contributed by atoms with E-state index in [0.717, 1.165) is 6.07 Å². The molecule has 0 fully saturated rings. The number of carbonyl (C=O) groups is 1. The van der Waals surface area contributed by atoms with Crippen molar-refractivity contribution >= 4 is 6.29 Å². The summed E-state index contributed by atoms with van der Waals surface area (Å²) in [5.74, 6) is -0.482. The summed E-state index contributed by atoms with van der Waals surface area (Å²) in [5, 5.41) is 0. The lowest BCUT2D eigenvalue weighted by Gasteiger charge is -2.08. The largest absolute Gasteiger partial charge is 0.457 e. The molecule has 0 amide bonds. The molecule has 2 rings (SSSR count). The second kappa shape index (κ2) is 4.96. The van der Waals surface area contributed by atoms with Crippen LogP contribution in [0.2, 0.25) is 0 Å². The monoisotopic (exact) mass is 248 g/mol. The SMILES string of the molecule is Cc1ccc(Oc2ccc(F)cc2C=O)cc1F. The van der Waals surface area contributed by atoms with Gasteiger partial charge < -0.3 is 4.74 Å². The Morgan fingerprint density at radius 2 is 1.89 bits per heavy atom. The van der Waals surface area contributed by atoms with Gasteiger partial charge in [0.1, 0.15) is 23.1 Å². The summed E-state index contributed by atoms with van der Waals surface area (Å²) in [7, 11) is 0. The van der Waals surface area contributed by atoms with Gasteiger partial charge in [-0.15, -0.1) is 0 Å². The number of benzene rings is 2. The minimum Gasteiger partial charge on any atom is -0.457 e. The van der Waals surface area contributed by atoms with Crippen molar-refractivity contribution in [2.24, 2.45) is 0 Å². The first kappa shape index (κ1) is 12.2. The Labute approximate surface area is 103 Å². The van der Waals surface area contributed by atoms with E-state index in [1.54, 1.807) is 19.1 Å². The van der Waals surface area contributed by atoms with Crippen LogP contribution in [0.25, 0.3) is 0 Å². The number of halogens is 2. The Balaban J connectivity index is 2.33. The van der Waals surface area contributed by atoms with Crippen LogP contribution in [0.15, 0.2) is 36.4 Å². The van der Waals surface area contributed by atoms with E-state index in [0.29, 0.717) is 11.8 Å². The van der Waals surface area contributed by atoms with Crippen LogP contribution in [-0.2, 0) is 0 Å². The van der Waals surface area contributed by atoms with E-state index in [2.05, 4.69) is 0 Å². The quantitative estimate of drug-likeness (QED) is 0.770. The van der Waals surface area contributed by atoms with Gasteiger partial charge in [-0.05, 0) is 36.8 Å². The van der Waals surface area contributed by atoms with Gasteiger partial charge in [0.15, 0.2) is 6.29 Å². The molecule has 0 N–H and O–H groups in total. The predicted molar refractivity (Wildman–Crippen MR) is 63.0 cm³/mol. The molecule has 0 spiro atoms. The van der Waals surface area contributed by atoms with Crippen LogP contribution >= 0.6 is 0 Å². The Kier molecular flexibility index (Phi) is 3.37. The van der Waals surface area contributed by atoms with Crippen LogP contribution < -0.4 is 4.74 Å². The molecule has 0 saturated heterocycles. The van der Waals surface area contributed by atoms with Crippen LogP contribution in [-0.4, -0.2) is 6.29 Å². The number of hydrogen-bond donors (Lipinski definition) is 0. The second-order valence-electron chi connectivity index (χ2n) is 3.81. The first-order chi connectivity index (χ1) is 8.60. The summed E-state index contributed by atoms with van der Waals surface area (Å²) >= 11 is 0. The van der Waals surface area contributed by atoms with Crippen molar-refractivity contribution in [1.29, 1.82) is 0 Å². The highest BCUT2D eigenvalue weighted by Gasteiger charge is 2.07. The Bertz CT molecular complexity index is 594. The van der Waals surface area contributed by atoms with Gasteiger partial charge in [0.05, 0.1) is 5.56 Å². The fourth-order valence-electron chi connectivity index (χ4n) is 1.47. The van der Waals surface area contributed by atoms with Gasteiger partial charge in [0.2, 0.25) is 0 Å². The zero-order valence-corrected chi connectivity index (χ0v) is 9.61. The zero-order chi connectivity index (χ0) is 13.1. The molecule has 0 atom stereocenters. The Morgan fingerprint density at radius 1 is 1.11 bits per heavy atom. The summed E-state index contributed by atoms with van der Waals surface area (Å²) in [5.41, 5.74) is 0.577. The van der Waals surface area contributed by atoms with Gasteiger partial charge >= 0.3 is 0 Å². The standard InChI is InChI=1S/C14H10F2O2/c1-9-2-4-12(7-13(9)16)18-14-5-3-11(15)6-10(14)8-17/h2-8H,1H3. The number of aryl methyl sites for hydroxylation is 1. The molecule has 0 aromatic heterocycles. The lowest BCUT2D eigenvalue weighted by molar-refractivity contribution is 0.112. The molecule has 0 aliphatic carbocycles. The van der Waals surface area contributed by atoms with Crippen molar-refractivity contribution in [2.75, 3.05) is 0 Å². The smallest absolute Gasteiger partial charge is 0.153 e. The number of ether oxygens (including phenoxy) is 1. The molecular formula is C14H10F2O2. The minimum absolute atomic E-state index is 0.0796. The lowest BCUT2D eigenvalue weighted by Crippen LogP contribution is -1.92. The summed E-state index contributed by atoms with van der Waals surface area (Å²) in [4.78, 5) is 10.8.